The van der Waals surface area contributed by atoms with Crippen molar-refractivity contribution in [1.82, 2.24) is 5.32 Å². The van der Waals surface area contributed by atoms with Crippen LogP contribution in [0.15, 0.2) is 18.2 Å². The molecule has 1 aromatic rings. The van der Waals surface area contributed by atoms with Crippen molar-refractivity contribution in [3.05, 3.63) is 29.3 Å². The summed E-state index contributed by atoms with van der Waals surface area (Å²) in [6, 6.07) is 7.23. The second-order valence-electron chi connectivity index (χ2n) is 4.00. The third-order valence-corrected chi connectivity index (χ3v) is 2.76. The van der Waals surface area contributed by atoms with E-state index in [0.29, 0.717) is 6.04 Å². The Bertz CT molecular complexity index is 320. The number of hydrogen-bond donors (Lipinski definition) is 2. The van der Waals surface area contributed by atoms with E-state index in [9.17, 15) is 0 Å². The maximum Gasteiger partial charge on any atom is 0.0374 e. The standard InChI is InChI=1S/C12H18N2/c1-3-13-11-7-10-6-9(2)4-5-12(10)14-8-11/h4-6,11,13-14H,3,7-8H2,1-2H3. The average Bonchev–Trinajstić information content (AvgIpc) is 2.17. The summed E-state index contributed by atoms with van der Waals surface area (Å²) >= 11 is 0. The van der Waals surface area contributed by atoms with E-state index in [1.807, 2.05) is 0 Å². The molecule has 2 rings (SSSR count). The Hall–Kier alpha value is -1.02. The zero-order chi connectivity index (χ0) is 9.97. The summed E-state index contributed by atoms with van der Waals surface area (Å²) in [5, 5.41) is 6.94. The van der Waals surface area contributed by atoms with Crippen molar-refractivity contribution in [2.75, 3.05) is 18.4 Å². The fourth-order valence-corrected chi connectivity index (χ4v) is 2.07. The maximum absolute atomic E-state index is 3.48. The predicted octanol–water partition coefficient (Wildman–Crippen LogP) is 1.94. The molecule has 1 aromatic carbocycles. The third-order valence-electron chi connectivity index (χ3n) is 2.76. The Balaban J connectivity index is 2.16. The van der Waals surface area contributed by atoms with Crippen molar-refractivity contribution < 1.29 is 0 Å². The minimum absolute atomic E-state index is 0.592. The van der Waals surface area contributed by atoms with E-state index in [-0.39, 0.29) is 0 Å². The van der Waals surface area contributed by atoms with Gasteiger partial charge in [0.05, 0.1) is 0 Å². The van der Waals surface area contributed by atoms with Gasteiger partial charge in [-0.25, -0.2) is 0 Å². The summed E-state index contributed by atoms with van der Waals surface area (Å²) in [6.07, 6.45) is 1.15. The summed E-state index contributed by atoms with van der Waals surface area (Å²) in [5.41, 5.74) is 4.11. The van der Waals surface area contributed by atoms with Gasteiger partial charge in [0.2, 0.25) is 0 Å². The van der Waals surface area contributed by atoms with Crippen molar-refractivity contribution in [2.24, 2.45) is 0 Å². The lowest BCUT2D eigenvalue weighted by Gasteiger charge is -2.27. The van der Waals surface area contributed by atoms with Gasteiger partial charge in [0.25, 0.3) is 0 Å². The van der Waals surface area contributed by atoms with E-state index in [4.69, 9.17) is 0 Å². The Morgan fingerprint density at radius 2 is 2.36 bits per heavy atom. The highest BCUT2D eigenvalue weighted by atomic mass is 15.0. The average molecular weight is 190 g/mol. The number of fused-ring (bicyclic) bond motifs is 1. The zero-order valence-corrected chi connectivity index (χ0v) is 8.93. The van der Waals surface area contributed by atoms with Crippen LogP contribution >= 0.6 is 0 Å². The van der Waals surface area contributed by atoms with Crippen molar-refractivity contribution in [3.8, 4) is 0 Å². The minimum atomic E-state index is 0.592. The van der Waals surface area contributed by atoms with Gasteiger partial charge in [-0.05, 0) is 31.5 Å². The second kappa shape index (κ2) is 4.01. The smallest absolute Gasteiger partial charge is 0.0374 e. The van der Waals surface area contributed by atoms with Gasteiger partial charge in [0.1, 0.15) is 0 Å². The molecular weight excluding hydrogens is 172 g/mol. The largest absolute Gasteiger partial charge is 0.383 e. The summed E-state index contributed by atoms with van der Waals surface area (Å²) in [7, 11) is 0. The number of aryl methyl sites for hydroxylation is 1. The van der Waals surface area contributed by atoms with Crippen LogP contribution in [0, 0.1) is 6.92 Å². The van der Waals surface area contributed by atoms with E-state index in [2.05, 4.69) is 42.7 Å². The van der Waals surface area contributed by atoms with Crippen LogP contribution in [-0.4, -0.2) is 19.1 Å². The fourth-order valence-electron chi connectivity index (χ4n) is 2.07. The van der Waals surface area contributed by atoms with Gasteiger partial charge in [-0.3, -0.25) is 0 Å². The van der Waals surface area contributed by atoms with Crippen LogP contribution in [-0.2, 0) is 6.42 Å². The molecule has 0 amide bonds. The molecule has 14 heavy (non-hydrogen) atoms. The van der Waals surface area contributed by atoms with Gasteiger partial charge in [-0.2, -0.15) is 0 Å². The molecule has 1 heterocycles. The van der Waals surface area contributed by atoms with Gasteiger partial charge in [0.15, 0.2) is 0 Å². The molecule has 1 aliphatic rings. The first-order chi connectivity index (χ1) is 6.79. The molecule has 0 saturated carbocycles. The number of anilines is 1. The Labute approximate surface area is 85.7 Å². The van der Waals surface area contributed by atoms with Gasteiger partial charge in [-0.15, -0.1) is 0 Å². The molecule has 2 heteroatoms. The van der Waals surface area contributed by atoms with Crippen LogP contribution in [0.25, 0.3) is 0 Å². The lowest BCUT2D eigenvalue weighted by atomic mass is 9.98. The molecule has 0 spiro atoms. The minimum Gasteiger partial charge on any atom is -0.383 e. The SMILES string of the molecule is CCNC1CNc2ccc(C)cc2C1. The molecule has 1 aliphatic heterocycles. The van der Waals surface area contributed by atoms with Crippen LogP contribution in [0.5, 0.6) is 0 Å². The van der Waals surface area contributed by atoms with Gasteiger partial charge in [0, 0.05) is 18.3 Å². The van der Waals surface area contributed by atoms with E-state index in [1.54, 1.807) is 0 Å². The molecule has 2 N–H and O–H groups in total. The van der Waals surface area contributed by atoms with E-state index < -0.39 is 0 Å². The van der Waals surface area contributed by atoms with Gasteiger partial charge >= 0.3 is 0 Å². The predicted molar refractivity (Wildman–Crippen MR) is 60.8 cm³/mol. The van der Waals surface area contributed by atoms with E-state index in [0.717, 1.165) is 19.5 Å². The number of rotatable bonds is 2. The van der Waals surface area contributed by atoms with Crippen molar-refractivity contribution in [3.63, 3.8) is 0 Å². The van der Waals surface area contributed by atoms with Crippen LogP contribution in [0.2, 0.25) is 0 Å². The molecule has 1 unspecified atom stereocenters. The van der Waals surface area contributed by atoms with Crippen LogP contribution in [0.4, 0.5) is 5.69 Å². The van der Waals surface area contributed by atoms with Crippen LogP contribution in [0.1, 0.15) is 18.1 Å². The highest BCUT2D eigenvalue weighted by molar-refractivity contribution is 5.55. The monoisotopic (exact) mass is 190 g/mol. The van der Waals surface area contributed by atoms with Crippen LogP contribution in [0.3, 0.4) is 0 Å². The number of benzene rings is 1. The highest BCUT2D eigenvalue weighted by Crippen LogP contribution is 2.22. The first-order valence-electron chi connectivity index (χ1n) is 5.36. The fraction of sp³-hybridized carbons (Fsp3) is 0.500. The Morgan fingerprint density at radius 1 is 1.50 bits per heavy atom. The molecule has 0 aliphatic carbocycles. The van der Waals surface area contributed by atoms with Crippen molar-refractivity contribution >= 4 is 5.69 Å². The molecule has 0 aromatic heterocycles. The lowest BCUT2D eigenvalue weighted by Crippen LogP contribution is -2.40. The molecule has 0 saturated heterocycles. The zero-order valence-electron chi connectivity index (χ0n) is 8.93. The number of likely N-dealkylation sites (N-methyl/N-ethyl adjacent to an activating group) is 1. The number of hydrogen-bond acceptors (Lipinski definition) is 2. The lowest BCUT2D eigenvalue weighted by molar-refractivity contribution is 0.534. The maximum atomic E-state index is 3.48. The van der Waals surface area contributed by atoms with Gasteiger partial charge < -0.3 is 10.6 Å². The quantitative estimate of drug-likeness (QED) is 0.744. The van der Waals surface area contributed by atoms with Crippen molar-refractivity contribution in [1.29, 1.82) is 0 Å². The normalized spacial score (nSPS) is 20.0. The second-order valence-corrected chi connectivity index (χ2v) is 4.00. The van der Waals surface area contributed by atoms with E-state index >= 15 is 0 Å². The first-order valence-corrected chi connectivity index (χ1v) is 5.36. The third kappa shape index (κ3) is 1.90. The Kier molecular flexibility index (Phi) is 2.73. The molecule has 1 atom stereocenters. The summed E-state index contributed by atoms with van der Waals surface area (Å²) < 4.78 is 0. The molecule has 0 fully saturated rings. The van der Waals surface area contributed by atoms with Gasteiger partial charge in [-0.1, -0.05) is 24.6 Å². The summed E-state index contributed by atoms with van der Waals surface area (Å²) in [5.74, 6) is 0. The molecular formula is C12H18N2. The summed E-state index contributed by atoms with van der Waals surface area (Å²) in [6.45, 7) is 6.40. The molecule has 2 nitrogen and oxygen atoms in total. The van der Waals surface area contributed by atoms with Crippen LogP contribution < -0.4 is 10.6 Å². The topological polar surface area (TPSA) is 24.1 Å². The van der Waals surface area contributed by atoms with Crippen molar-refractivity contribution in [2.45, 2.75) is 26.3 Å². The molecule has 0 radical (unpaired) electrons. The first kappa shape index (κ1) is 9.53. The van der Waals surface area contributed by atoms with E-state index in [1.165, 1.54) is 16.8 Å². The Morgan fingerprint density at radius 3 is 3.14 bits per heavy atom. The molecule has 76 valence electrons. The highest BCUT2D eigenvalue weighted by Gasteiger charge is 2.16. The number of nitrogens with one attached hydrogen (secondary N) is 2. The summed E-state index contributed by atoms with van der Waals surface area (Å²) in [4.78, 5) is 0. The molecule has 0 bridgehead atoms.